The summed E-state index contributed by atoms with van der Waals surface area (Å²) in [6.45, 7) is 7.18. The molecular formula is C17H32N2. The highest BCUT2D eigenvalue weighted by molar-refractivity contribution is 5.18. The third-order valence-corrected chi connectivity index (χ3v) is 5.44. The third kappa shape index (κ3) is 3.41. The Kier molecular flexibility index (Phi) is 5.47. The van der Waals surface area contributed by atoms with Crippen molar-refractivity contribution in [2.75, 3.05) is 13.1 Å². The normalized spacial score (nSPS) is 27.2. The summed E-state index contributed by atoms with van der Waals surface area (Å²) in [4.78, 5) is 2.65. The Morgan fingerprint density at radius 2 is 1.84 bits per heavy atom. The van der Waals surface area contributed by atoms with Crippen LogP contribution >= 0.6 is 0 Å². The van der Waals surface area contributed by atoms with Gasteiger partial charge in [-0.05, 0) is 65.0 Å². The minimum atomic E-state index is 0.168. The maximum atomic E-state index is 6.73. The molecule has 0 amide bonds. The van der Waals surface area contributed by atoms with Crippen molar-refractivity contribution in [1.82, 2.24) is 4.90 Å². The van der Waals surface area contributed by atoms with E-state index in [0.29, 0.717) is 0 Å². The van der Waals surface area contributed by atoms with Crippen LogP contribution in [0.25, 0.3) is 0 Å². The van der Waals surface area contributed by atoms with E-state index in [1.807, 2.05) is 0 Å². The highest BCUT2D eigenvalue weighted by atomic mass is 15.2. The van der Waals surface area contributed by atoms with Gasteiger partial charge in [-0.25, -0.2) is 0 Å². The van der Waals surface area contributed by atoms with Crippen LogP contribution in [0.5, 0.6) is 0 Å². The van der Waals surface area contributed by atoms with Crippen molar-refractivity contribution in [1.29, 1.82) is 0 Å². The monoisotopic (exact) mass is 264 g/mol. The molecule has 2 unspecified atom stereocenters. The van der Waals surface area contributed by atoms with Crippen LogP contribution in [-0.2, 0) is 0 Å². The van der Waals surface area contributed by atoms with Crippen molar-refractivity contribution in [3.8, 4) is 0 Å². The van der Waals surface area contributed by atoms with Gasteiger partial charge in [0.15, 0.2) is 0 Å². The zero-order valence-corrected chi connectivity index (χ0v) is 13.0. The van der Waals surface area contributed by atoms with Gasteiger partial charge in [-0.2, -0.15) is 0 Å². The Balaban J connectivity index is 2.11. The molecule has 0 aromatic carbocycles. The lowest BCUT2D eigenvalue weighted by molar-refractivity contribution is 0.110. The zero-order valence-electron chi connectivity index (χ0n) is 13.0. The molecule has 0 spiro atoms. The molecule has 110 valence electrons. The Morgan fingerprint density at radius 3 is 2.53 bits per heavy atom. The average Bonchev–Trinajstić information content (AvgIpc) is 2.91. The molecule has 0 aromatic heterocycles. The molecule has 0 aromatic rings. The van der Waals surface area contributed by atoms with Crippen LogP contribution in [0.3, 0.4) is 0 Å². The van der Waals surface area contributed by atoms with Crippen LogP contribution in [0.2, 0.25) is 0 Å². The second-order valence-electron chi connectivity index (χ2n) is 6.61. The van der Waals surface area contributed by atoms with Crippen molar-refractivity contribution in [2.24, 2.45) is 5.73 Å². The summed E-state index contributed by atoms with van der Waals surface area (Å²) in [6, 6.07) is 0.230. The molecule has 2 atom stereocenters. The first-order valence-electron chi connectivity index (χ1n) is 8.38. The number of hydrogen-bond donors (Lipinski definition) is 1. The molecule has 2 N–H and O–H groups in total. The average molecular weight is 264 g/mol. The van der Waals surface area contributed by atoms with Crippen LogP contribution in [0, 0.1) is 0 Å². The lowest BCUT2D eigenvalue weighted by Gasteiger charge is -2.44. The second-order valence-corrected chi connectivity index (χ2v) is 6.61. The van der Waals surface area contributed by atoms with Gasteiger partial charge in [-0.3, -0.25) is 4.90 Å². The first kappa shape index (κ1) is 15.1. The lowest BCUT2D eigenvalue weighted by Crippen LogP contribution is -2.57. The summed E-state index contributed by atoms with van der Waals surface area (Å²) in [5, 5.41) is 0. The van der Waals surface area contributed by atoms with Crippen molar-refractivity contribution < 1.29 is 0 Å². The number of allylic oxidation sites excluding steroid dienone is 1. The van der Waals surface area contributed by atoms with Crippen molar-refractivity contribution in [3.05, 3.63) is 11.6 Å². The molecule has 2 rings (SSSR count). The fourth-order valence-electron chi connectivity index (χ4n) is 3.77. The van der Waals surface area contributed by atoms with Gasteiger partial charge < -0.3 is 5.73 Å². The summed E-state index contributed by atoms with van der Waals surface area (Å²) >= 11 is 0. The van der Waals surface area contributed by atoms with E-state index >= 15 is 0 Å². The maximum Gasteiger partial charge on any atom is 0.0438 e. The molecule has 1 heterocycles. The van der Waals surface area contributed by atoms with E-state index in [9.17, 15) is 0 Å². The first-order chi connectivity index (χ1) is 9.18. The Bertz CT molecular complexity index is 304. The minimum Gasteiger partial charge on any atom is -0.323 e. The van der Waals surface area contributed by atoms with Gasteiger partial charge in [0, 0.05) is 11.6 Å². The Hall–Kier alpha value is -0.340. The van der Waals surface area contributed by atoms with E-state index in [1.165, 1.54) is 70.0 Å². The second kappa shape index (κ2) is 6.90. The van der Waals surface area contributed by atoms with E-state index in [-0.39, 0.29) is 11.6 Å². The van der Waals surface area contributed by atoms with E-state index in [0.717, 1.165) is 6.42 Å². The number of hydrogen-bond acceptors (Lipinski definition) is 2. The highest BCUT2D eigenvalue weighted by Gasteiger charge is 2.38. The number of rotatable bonds is 4. The number of likely N-dealkylation sites (tertiary alicyclic amines) is 1. The summed E-state index contributed by atoms with van der Waals surface area (Å²) in [6.07, 6.45) is 14.3. The summed E-state index contributed by atoms with van der Waals surface area (Å²) in [7, 11) is 0. The maximum absolute atomic E-state index is 6.73. The highest BCUT2D eigenvalue weighted by Crippen LogP contribution is 2.32. The van der Waals surface area contributed by atoms with Crippen LogP contribution < -0.4 is 5.73 Å². The van der Waals surface area contributed by atoms with Crippen LogP contribution in [-0.4, -0.2) is 29.6 Å². The molecule has 19 heavy (non-hydrogen) atoms. The van der Waals surface area contributed by atoms with Gasteiger partial charge in [0.2, 0.25) is 0 Å². The predicted molar refractivity (Wildman–Crippen MR) is 83.3 cm³/mol. The zero-order chi connectivity index (χ0) is 13.7. The molecule has 2 nitrogen and oxygen atoms in total. The topological polar surface area (TPSA) is 29.3 Å². The molecule has 2 heteroatoms. The SMILES string of the molecule is CCC(C)(C(N)C1=CCCCCCC1)N1CCCC1. The first-order valence-corrected chi connectivity index (χ1v) is 8.38. The van der Waals surface area contributed by atoms with E-state index in [1.54, 1.807) is 0 Å². The fraction of sp³-hybridized carbons (Fsp3) is 0.882. The van der Waals surface area contributed by atoms with E-state index < -0.39 is 0 Å². The molecule has 0 radical (unpaired) electrons. The van der Waals surface area contributed by atoms with E-state index in [2.05, 4.69) is 24.8 Å². The van der Waals surface area contributed by atoms with Crippen LogP contribution in [0.15, 0.2) is 11.6 Å². The Morgan fingerprint density at radius 1 is 1.16 bits per heavy atom. The number of nitrogens with two attached hydrogens (primary N) is 1. The molecule has 1 aliphatic carbocycles. The molecule has 1 fully saturated rings. The van der Waals surface area contributed by atoms with Gasteiger partial charge in [0.05, 0.1) is 0 Å². The van der Waals surface area contributed by atoms with Crippen LogP contribution in [0.1, 0.15) is 71.6 Å². The fourth-order valence-corrected chi connectivity index (χ4v) is 3.77. The van der Waals surface area contributed by atoms with Gasteiger partial charge in [-0.15, -0.1) is 0 Å². The molecule has 0 bridgehead atoms. The standard InChI is InChI=1S/C17H32N2/c1-3-17(2,19-13-9-10-14-19)16(18)15-11-7-5-4-6-8-12-15/h11,16H,3-10,12-14,18H2,1-2H3. The number of nitrogens with zero attached hydrogens (tertiary/aromatic N) is 1. The van der Waals surface area contributed by atoms with E-state index in [4.69, 9.17) is 5.73 Å². The summed E-state index contributed by atoms with van der Waals surface area (Å²) in [5.41, 5.74) is 8.43. The Labute approximate surface area is 119 Å². The summed E-state index contributed by atoms with van der Waals surface area (Å²) in [5.74, 6) is 0. The van der Waals surface area contributed by atoms with Crippen LogP contribution in [0.4, 0.5) is 0 Å². The molecule has 0 saturated carbocycles. The lowest BCUT2D eigenvalue weighted by atomic mass is 9.80. The van der Waals surface area contributed by atoms with Crippen molar-refractivity contribution in [2.45, 2.75) is 83.2 Å². The smallest absolute Gasteiger partial charge is 0.0438 e. The van der Waals surface area contributed by atoms with Gasteiger partial charge in [0.1, 0.15) is 0 Å². The molecule has 1 saturated heterocycles. The predicted octanol–water partition coefficient (Wildman–Crippen LogP) is 3.86. The van der Waals surface area contributed by atoms with Gasteiger partial charge in [-0.1, -0.05) is 31.4 Å². The van der Waals surface area contributed by atoms with Crippen molar-refractivity contribution >= 4 is 0 Å². The molecule has 1 aliphatic heterocycles. The molecular weight excluding hydrogens is 232 g/mol. The van der Waals surface area contributed by atoms with Gasteiger partial charge in [0.25, 0.3) is 0 Å². The largest absolute Gasteiger partial charge is 0.323 e. The summed E-state index contributed by atoms with van der Waals surface area (Å²) < 4.78 is 0. The van der Waals surface area contributed by atoms with Gasteiger partial charge >= 0.3 is 0 Å². The minimum absolute atomic E-state index is 0.168. The quantitative estimate of drug-likeness (QED) is 0.781. The third-order valence-electron chi connectivity index (χ3n) is 5.44. The van der Waals surface area contributed by atoms with Crippen molar-refractivity contribution in [3.63, 3.8) is 0 Å². The molecule has 2 aliphatic rings.